The normalized spacial score (nSPS) is 15.6. The molecule has 1 aliphatic heterocycles. The highest BCUT2D eigenvalue weighted by Crippen LogP contribution is 2.09. The number of hydrogen-bond donors (Lipinski definition) is 1. The summed E-state index contributed by atoms with van der Waals surface area (Å²) < 4.78 is 1.88. The van der Waals surface area contributed by atoms with E-state index in [1.54, 1.807) is 0 Å². The summed E-state index contributed by atoms with van der Waals surface area (Å²) in [6.07, 6.45) is 3.74. The molecule has 0 aliphatic carbocycles. The standard InChI is InChI=1S/C11H10N4O2/c16-10-7-15(11(17)13-10)6-8-5-14-4-2-1-3-9(14)12-8/h1-5H,6-7H2,(H,13,16,17). The van der Waals surface area contributed by atoms with Crippen LogP contribution in [0.15, 0.2) is 30.6 Å². The fraction of sp³-hybridized carbons (Fsp3) is 0.182. The van der Waals surface area contributed by atoms with Crippen LogP contribution in [0.25, 0.3) is 5.65 Å². The second-order valence-corrected chi connectivity index (χ2v) is 3.91. The van der Waals surface area contributed by atoms with E-state index in [2.05, 4.69) is 10.3 Å². The van der Waals surface area contributed by atoms with E-state index in [0.717, 1.165) is 11.3 Å². The first-order chi connectivity index (χ1) is 8.22. The molecule has 6 heteroatoms. The second kappa shape index (κ2) is 3.58. The van der Waals surface area contributed by atoms with Crippen LogP contribution in [0.3, 0.4) is 0 Å². The van der Waals surface area contributed by atoms with E-state index in [0.29, 0.717) is 6.54 Å². The van der Waals surface area contributed by atoms with Crippen molar-refractivity contribution in [3.8, 4) is 0 Å². The fourth-order valence-corrected chi connectivity index (χ4v) is 1.87. The predicted molar refractivity (Wildman–Crippen MR) is 59.1 cm³/mol. The number of urea groups is 1. The molecule has 17 heavy (non-hydrogen) atoms. The topological polar surface area (TPSA) is 66.7 Å². The highest BCUT2D eigenvalue weighted by Gasteiger charge is 2.26. The van der Waals surface area contributed by atoms with Crippen LogP contribution in [0.5, 0.6) is 0 Å². The van der Waals surface area contributed by atoms with E-state index in [1.165, 1.54) is 4.90 Å². The van der Waals surface area contributed by atoms with E-state index < -0.39 is 0 Å². The third-order valence-corrected chi connectivity index (χ3v) is 2.63. The molecule has 0 unspecified atom stereocenters. The molecule has 0 bridgehead atoms. The van der Waals surface area contributed by atoms with Gasteiger partial charge in [0.15, 0.2) is 0 Å². The fourth-order valence-electron chi connectivity index (χ4n) is 1.87. The van der Waals surface area contributed by atoms with Crippen LogP contribution in [0.1, 0.15) is 5.69 Å². The van der Waals surface area contributed by atoms with E-state index >= 15 is 0 Å². The molecule has 0 aromatic carbocycles. The molecular formula is C11H10N4O2. The Kier molecular flexibility index (Phi) is 2.07. The number of carbonyl (C=O) groups is 2. The molecule has 6 nitrogen and oxygen atoms in total. The summed E-state index contributed by atoms with van der Waals surface area (Å²) in [5, 5.41) is 2.23. The average molecular weight is 230 g/mol. The molecule has 0 spiro atoms. The third kappa shape index (κ3) is 1.73. The summed E-state index contributed by atoms with van der Waals surface area (Å²) in [5.41, 5.74) is 1.59. The quantitative estimate of drug-likeness (QED) is 0.759. The largest absolute Gasteiger partial charge is 0.324 e. The molecule has 0 saturated carbocycles. The number of aromatic nitrogens is 2. The molecule has 0 radical (unpaired) electrons. The number of nitrogens with one attached hydrogen (secondary N) is 1. The third-order valence-electron chi connectivity index (χ3n) is 2.63. The van der Waals surface area contributed by atoms with Crippen molar-refractivity contribution >= 4 is 17.6 Å². The van der Waals surface area contributed by atoms with Crippen LogP contribution in [0.4, 0.5) is 4.79 Å². The van der Waals surface area contributed by atoms with Gasteiger partial charge in [-0.2, -0.15) is 0 Å². The Morgan fingerprint density at radius 2 is 2.24 bits per heavy atom. The number of nitrogens with zero attached hydrogens (tertiary/aromatic N) is 3. The summed E-state index contributed by atoms with van der Waals surface area (Å²) in [4.78, 5) is 28.2. The maximum atomic E-state index is 11.4. The number of fused-ring (bicyclic) bond motifs is 1. The van der Waals surface area contributed by atoms with Gasteiger partial charge in [0, 0.05) is 12.4 Å². The number of carbonyl (C=O) groups excluding carboxylic acids is 2. The van der Waals surface area contributed by atoms with E-state index in [1.807, 2.05) is 35.0 Å². The SMILES string of the molecule is O=C1CN(Cc2cn3ccccc3n2)C(=O)N1. The molecular weight excluding hydrogens is 220 g/mol. The molecule has 2 aromatic rings. The zero-order valence-corrected chi connectivity index (χ0v) is 8.96. The van der Waals surface area contributed by atoms with Crippen molar-refractivity contribution in [2.24, 2.45) is 0 Å². The Balaban J connectivity index is 1.85. The predicted octanol–water partition coefficient (Wildman–Crippen LogP) is 0.386. The lowest BCUT2D eigenvalue weighted by Gasteiger charge is -2.09. The van der Waals surface area contributed by atoms with Crippen molar-refractivity contribution in [2.45, 2.75) is 6.54 Å². The van der Waals surface area contributed by atoms with Crippen molar-refractivity contribution in [1.82, 2.24) is 19.6 Å². The molecule has 3 rings (SSSR count). The van der Waals surface area contributed by atoms with Gasteiger partial charge in [-0.25, -0.2) is 9.78 Å². The summed E-state index contributed by atoms with van der Waals surface area (Å²) >= 11 is 0. The number of imide groups is 1. The monoisotopic (exact) mass is 230 g/mol. The highest BCUT2D eigenvalue weighted by atomic mass is 16.2. The number of rotatable bonds is 2. The van der Waals surface area contributed by atoms with Crippen LogP contribution in [-0.2, 0) is 11.3 Å². The van der Waals surface area contributed by atoms with Gasteiger partial charge >= 0.3 is 6.03 Å². The zero-order valence-electron chi connectivity index (χ0n) is 8.96. The lowest BCUT2D eigenvalue weighted by atomic mass is 10.4. The molecule has 3 heterocycles. The Bertz CT molecular complexity index is 571. The van der Waals surface area contributed by atoms with Crippen LogP contribution >= 0.6 is 0 Å². The van der Waals surface area contributed by atoms with Gasteiger partial charge in [0.1, 0.15) is 12.2 Å². The molecule has 1 N–H and O–H groups in total. The minimum Gasteiger partial charge on any atom is -0.309 e. The van der Waals surface area contributed by atoms with Gasteiger partial charge in [-0.1, -0.05) is 6.07 Å². The molecule has 86 valence electrons. The van der Waals surface area contributed by atoms with Crippen molar-refractivity contribution < 1.29 is 9.59 Å². The van der Waals surface area contributed by atoms with Crippen LogP contribution in [-0.4, -0.2) is 32.8 Å². The summed E-state index contributed by atoms with van der Waals surface area (Å²) in [6, 6.07) is 5.34. The number of hydrogen-bond acceptors (Lipinski definition) is 3. The maximum Gasteiger partial charge on any atom is 0.324 e. The minimum absolute atomic E-state index is 0.104. The summed E-state index contributed by atoms with van der Waals surface area (Å²) in [5.74, 6) is -0.265. The van der Waals surface area contributed by atoms with E-state index in [-0.39, 0.29) is 18.5 Å². The van der Waals surface area contributed by atoms with Gasteiger partial charge in [-0.15, -0.1) is 0 Å². The number of imidazole rings is 1. The molecule has 3 amide bonds. The van der Waals surface area contributed by atoms with E-state index in [4.69, 9.17) is 0 Å². The first-order valence-electron chi connectivity index (χ1n) is 5.24. The molecule has 0 atom stereocenters. The highest BCUT2D eigenvalue weighted by molar-refractivity contribution is 6.01. The number of pyridine rings is 1. The van der Waals surface area contributed by atoms with Crippen LogP contribution < -0.4 is 5.32 Å². The first kappa shape index (κ1) is 9.83. The van der Waals surface area contributed by atoms with Crippen LogP contribution in [0.2, 0.25) is 0 Å². The smallest absolute Gasteiger partial charge is 0.309 e. The molecule has 2 aromatic heterocycles. The van der Waals surface area contributed by atoms with Crippen molar-refractivity contribution in [3.63, 3.8) is 0 Å². The van der Waals surface area contributed by atoms with Gasteiger partial charge in [0.2, 0.25) is 5.91 Å². The van der Waals surface area contributed by atoms with E-state index in [9.17, 15) is 9.59 Å². The average Bonchev–Trinajstić information content (AvgIpc) is 2.82. The van der Waals surface area contributed by atoms with Crippen molar-refractivity contribution in [1.29, 1.82) is 0 Å². The van der Waals surface area contributed by atoms with Gasteiger partial charge in [0.05, 0.1) is 12.2 Å². The Morgan fingerprint density at radius 3 is 2.94 bits per heavy atom. The molecule has 1 aliphatic rings. The molecule has 1 saturated heterocycles. The second-order valence-electron chi connectivity index (χ2n) is 3.91. The number of amides is 3. The maximum absolute atomic E-state index is 11.4. The van der Waals surface area contributed by atoms with Crippen molar-refractivity contribution in [2.75, 3.05) is 6.54 Å². The van der Waals surface area contributed by atoms with Gasteiger partial charge < -0.3 is 9.30 Å². The summed E-state index contributed by atoms with van der Waals surface area (Å²) in [7, 11) is 0. The first-order valence-corrected chi connectivity index (χ1v) is 5.24. The lowest BCUT2D eigenvalue weighted by Crippen LogP contribution is -2.27. The Labute approximate surface area is 96.9 Å². The van der Waals surface area contributed by atoms with Gasteiger partial charge in [-0.3, -0.25) is 10.1 Å². The molecule has 1 fully saturated rings. The van der Waals surface area contributed by atoms with Gasteiger partial charge in [0.25, 0.3) is 0 Å². The Morgan fingerprint density at radius 1 is 1.35 bits per heavy atom. The minimum atomic E-state index is -0.355. The van der Waals surface area contributed by atoms with Crippen molar-refractivity contribution in [3.05, 3.63) is 36.3 Å². The zero-order chi connectivity index (χ0) is 11.8. The van der Waals surface area contributed by atoms with Crippen LogP contribution in [0, 0.1) is 0 Å². The summed E-state index contributed by atoms with van der Waals surface area (Å²) in [6.45, 7) is 0.450. The Hall–Kier alpha value is -2.37. The van der Waals surface area contributed by atoms with Gasteiger partial charge in [-0.05, 0) is 12.1 Å². The lowest BCUT2D eigenvalue weighted by molar-refractivity contribution is -0.118.